The summed E-state index contributed by atoms with van der Waals surface area (Å²) in [4.78, 5) is 0. The summed E-state index contributed by atoms with van der Waals surface area (Å²) in [7, 11) is -1.92. The molecule has 4 unspecified atom stereocenters. The van der Waals surface area contributed by atoms with Crippen LogP contribution in [0.15, 0.2) is 158 Å². The number of rotatable bonds is 10. The summed E-state index contributed by atoms with van der Waals surface area (Å²) in [5, 5.41) is 3.54. The van der Waals surface area contributed by atoms with Crippen molar-refractivity contribution in [3.8, 4) is 17.2 Å². The van der Waals surface area contributed by atoms with E-state index in [-0.39, 0.29) is 9.03 Å². The maximum atomic E-state index is 7.67. The number of benzene rings is 6. The number of aromatic nitrogens is 1. The quantitative estimate of drug-likeness (QED) is 0.132. The van der Waals surface area contributed by atoms with E-state index < -0.39 is 19.5 Å². The van der Waals surface area contributed by atoms with Crippen molar-refractivity contribution < 1.29 is 18.1 Å². The Morgan fingerprint density at radius 2 is 1.38 bits per heavy atom. The Morgan fingerprint density at radius 1 is 0.654 bits per heavy atom. The summed E-state index contributed by atoms with van der Waals surface area (Å²) in [6.45, 7) is 0. The smallest absolute Gasteiger partial charge is 0.358 e. The van der Waals surface area contributed by atoms with Gasteiger partial charge < -0.3 is 13.6 Å². The molecule has 3 aliphatic rings. The molecule has 3 aliphatic carbocycles. The molecule has 0 saturated heterocycles. The van der Waals surface area contributed by atoms with Crippen molar-refractivity contribution in [2.75, 3.05) is 0 Å². The third-order valence-corrected chi connectivity index (χ3v) is 12.8. The molecule has 7 aromatic rings. The lowest BCUT2D eigenvalue weighted by molar-refractivity contribution is 0.206. The van der Waals surface area contributed by atoms with Crippen molar-refractivity contribution in [2.24, 2.45) is 0 Å². The third-order valence-electron chi connectivity index (χ3n) is 10.6. The van der Waals surface area contributed by atoms with Gasteiger partial charge in [0.25, 0.3) is 9.03 Å². The largest absolute Gasteiger partial charge is 0.441 e. The van der Waals surface area contributed by atoms with Crippen molar-refractivity contribution in [3.63, 3.8) is 0 Å². The minimum atomic E-state index is -1.69. The first-order valence-corrected chi connectivity index (χ1v) is 19.6. The van der Waals surface area contributed by atoms with Gasteiger partial charge in [0.15, 0.2) is 0 Å². The average Bonchev–Trinajstić information content (AvgIpc) is 3.77. The van der Waals surface area contributed by atoms with Gasteiger partial charge in [-0.3, -0.25) is 8.86 Å². The van der Waals surface area contributed by atoms with E-state index in [1.165, 1.54) is 22.1 Å². The van der Waals surface area contributed by atoms with Gasteiger partial charge in [-0.15, -0.1) is 0 Å². The number of hydrogen-bond acceptors (Lipinski definition) is 4. The summed E-state index contributed by atoms with van der Waals surface area (Å²) in [6.07, 6.45) is 11.8. The van der Waals surface area contributed by atoms with Crippen LogP contribution in [0.1, 0.15) is 40.8 Å². The van der Waals surface area contributed by atoms with Crippen LogP contribution in [0.5, 0.6) is 17.2 Å². The Hall–Kier alpha value is -5.18. The minimum Gasteiger partial charge on any atom is -0.441 e. The van der Waals surface area contributed by atoms with Crippen molar-refractivity contribution in [1.82, 2.24) is 4.34 Å². The van der Waals surface area contributed by atoms with E-state index in [0.717, 1.165) is 64.1 Å². The third kappa shape index (κ3) is 5.11. The highest BCUT2D eigenvalue weighted by Gasteiger charge is 2.73. The molecule has 1 aromatic heterocycles. The van der Waals surface area contributed by atoms with Crippen LogP contribution < -0.4 is 13.6 Å². The van der Waals surface area contributed by atoms with E-state index in [2.05, 4.69) is 114 Å². The number of para-hydroxylation sites is 3. The summed E-state index contributed by atoms with van der Waals surface area (Å²) in [5.41, 5.74) is 5.87. The van der Waals surface area contributed by atoms with Crippen LogP contribution in [-0.4, -0.2) is 9.94 Å². The highest BCUT2D eigenvalue weighted by Crippen LogP contribution is 2.73. The van der Waals surface area contributed by atoms with Crippen LogP contribution in [0.4, 0.5) is 0 Å². The first kappa shape index (κ1) is 31.5. The normalized spacial score (nSPS) is 20.4. The summed E-state index contributed by atoms with van der Waals surface area (Å²) in [5.74, 6) is 2.34. The van der Waals surface area contributed by atoms with Gasteiger partial charge in [0, 0.05) is 10.9 Å². The van der Waals surface area contributed by atoms with Crippen molar-refractivity contribution >= 4 is 51.4 Å². The van der Waals surface area contributed by atoms with Crippen molar-refractivity contribution in [3.05, 3.63) is 186 Å². The molecule has 1 heterocycles. The molecule has 5 nitrogen and oxygen atoms in total. The Bertz CT molecular complexity index is 2510. The molecule has 254 valence electrons. The van der Waals surface area contributed by atoms with Gasteiger partial charge in [-0.1, -0.05) is 127 Å². The molecule has 1 saturated carbocycles. The Labute approximate surface area is 306 Å². The zero-order valence-corrected chi connectivity index (χ0v) is 30.2. The lowest BCUT2D eigenvalue weighted by atomic mass is 9.77. The number of allylic oxidation sites excluding steroid dienone is 1. The van der Waals surface area contributed by atoms with Gasteiger partial charge >= 0.3 is 8.53 Å². The second kappa shape index (κ2) is 12.8. The van der Waals surface area contributed by atoms with E-state index >= 15 is 0 Å². The van der Waals surface area contributed by atoms with Gasteiger partial charge in [-0.05, 0) is 89.2 Å². The molecule has 0 N–H and O–H groups in total. The Kier molecular flexibility index (Phi) is 7.76. The fourth-order valence-corrected chi connectivity index (χ4v) is 10.5. The first-order chi connectivity index (χ1) is 25.7. The van der Waals surface area contributed by atoms with Crippen LogP contribution in [0.3, 0.4) is 0 Å². The summed E-state index contributed by atoms with van der Waals surface area (Å²) >= 11 is 0. The van der Waals surface area contributed by atoms with E-state index in [1.54, 1.807) is 0 Å². The van der Waals surface area contributed by atoms with E-state index in [1.807, 2.05) is 60.7 Å². The predicted octanol–water partition coefficient (Wildman–Crippen LogP) is 12.0. The molecule has 4 atom stereocenters. The molecule has 10 rings (SSSR count). The lowest BCUT2D eigenvalue weighted by Gasteiger charge is -2.33. The molecular formula is C45H35NO4P2. The van der Waals surface area contributed by atoms with Crippen LogP contribution >= 0.6 is 17.6 Å². The molecule has 1 fully saturated rings. The van der Waals surface area contributed by atoms with Crippen LogP contribution in [-0.2, 0) is 16.4 Å². The molecule has 0 radical (unpaired) electrons. The summed E-state index contributed by atoms with van der Waals surface area (Å²) in [6, 6.07) is 50.1. The minimum absolute atomic E-state index is 0.224. The highest BCUT2D eigenvalue weighted by atomic mass is 31.2. The fourth-order valence-electron chi connectivity index (χ4n) is 8.24. The Morgan fingerprint density at radius 3 is 2.25 bits per heavy atom. The monoisotopic (exact) mass is 715 g/mol. The molecule has 7 heteroatoms. The second-order valence-electron chi connectivity index (χ2n) is 13.5. The number of fused-ring (bicyclic) bond motifs is 7. The second-order valence-corrected chi connectivity index (χ2v) is 15.3. The lowest BCUT2D eigenvalue weighted by Crippen LogP contribution is -2.30. The molecular weight excluding hydrogens is 680 g/mol. The van der Waals surface area contributed by atoms with Crippen LogP contribution in [0, 0.1) is 0 Å². The van der Waals surface area contributed by atoms with Gasteiger partial charge in [-0.2, -0.15) is 0 Å². The highest BCUT2D eigenvalue weighted by molar-refractivity contribution is 7.46. The van der Waals surface area contributed by atoms with Gasteiger partial charge in [0.05, 0.1) is 16.6 Å². The summed E-state index contributed by atoms with van der Waals surface area (Å²) < 4.78 is 29.8. The maximum Gasteiger partial charge on any atom is 0.358 e. The zero-order chi connectivity index (χ0) is 34.5. The van der Waals surface area contributed by atoms with Crippen LogP contribution in [0.2, 0.25) is 0 Å². The first-order valence-electron chi connectivity index (χ1n) is 17.7. The van der Waals surface area contributed by atoms with E-state index in [4.69, 9.17) is 18.1 Å². The average molecular weight is 716 g/mol. The number of aryl methyl sites for hydroxylation is 1. The van der Waals surface area contributed by atoms with Gasteiger partial charge in [0.2, 0.25) is 0 Å². The van der Waals surface area contributed by atoms with Gasteiger partial charge in [-0.25, -0.2) is 0 Å². The number of hydrogen-bond donors (Lipinski definition) is 0. The number of nitrogens with zero attached hydrogens (tertiary/aromatic N) is 1. The predicted molar refractivity (Wildman–Crippen MR) is 213 cm³/mol. The molecule has 6 aromatic carbocycles. The molecule has 0 amide bonds. The molecule has 0 bridgehead atoms. The molecule has 52 heavy (non-hydrogen) atoms. The SMILES string of the molecule is C1=Cc2c(c3ccccc3n2P(Oc2ccccc2)OC23C=Cc4ccccc4C2(c2c(OPOc4ccccc4)ccc4ccccc24)C3)CC1. The topological polar surface area (TPSA) is 41.9 Å². The molecule has 0 aliphatic heterocycles. The van der Waals surface area contributed by atoms with E-state index in [0.29, 0.717) is 0 Å². The van der Waals surface area contributed by atoms with Crippen molar-refractivity contribution in [1.29, 1.82) is 0 Å². The van der Waals surface area contributed by atoms with Crippen molar-refractivity contribution in [2.45, 2.75) is 30.3 Å². The molecule has 0 spiro atoms. The van der Waals surface area contributed by atoms with Crippen LogP contribution in [0.25, 0.3) is 33.8 Å². The van der Waals surface area contributed by atoms with Gasteiger partial charge in [0.1, 0.15) is 22.8 Å². The van der Waals surface area contributed by atoms with E-state index in [9.17, 15) is 0 Å². The fraction of sp³-hybridized carbons (Fsp3) is 0.111. The standard InChI is InChI=1S/C45H35NO4P2/c1-3-17-34(18-4-1)47-51-48-42-28-27-32-15-7-9-21-36(32)43(42)45-31-44(45,30-29-33-16-8-12-24-39(33)45)50-52(49-35-19-5-2-6-20-35)46-40-25-13-10-22-37(40)38-23-11-14-26-41(38)46/h1-10,12-22,24-30,51H,11,23,31H2. The zero-order valence-electron chi connectivity index (χ0n) is 28.3. The Balaban J connectivity index is 1.15. The maximum absolute atomic E-state index is 7.67.